The van der Waals surface area contributed by atoms with Crippen LogP contribution in [-0.2, 0) is 19.6 Å². The molecule has 0 unspecified atom stereocenters. The third kappa shape index (κ3) is 6.48. The third-order valence-corrected chi connectivity index (χ3v) is 9.88. The number of morpholine rings is 1. The summed E-state index contributed by atoms with van der Waals surface area (Å²) in [5.41, 5.74) is 0.686. The van der Waals surface area contributed by atoms with E-state index in [2.05, 4.69) is 29.4 Å². The molecule has 1 aromatic heterocycles. The summed E-state index contributed by atoms with van der Waals surface area (Å²) < 4.78 is 35.1. The van der Waals surface area contributed by atoms with Crippen molar-refractivity contribution >= 4 is 27.7 Å². The molecule has 1 N–H and O–H groups in total. The van der Waals surface area contributed by atoms with Crippen molar-refractivity contribution in [1.29, 1.82) is 0 Å². The number of hydrogen-bond acceptors (Lipinski definition) is 7. The van der Waals surface area contributed by atoms with Gasteiger partial charge in [-0.25, -0.2) is 8.42 Å². The van der Waals surface area contributed by atoms with E-state index in [1.165, 1.54) is 48.2 Å². The Morgan fingerprint density at radius 1 is 1.19 bits per heavy atom. The Morgan fingerprint density at radius 2 is 1.94 bits per heavy atom. The number of amides is 1. The van der Waals surface area contributed by atoms with Gasteiger partial charge in [0.15, 0.2) is 11.0 Å². The molecule has 1 aliphatic heterocycles. The van der Waals surface area contributed by atoms with Crippen LogP contribution in [0.4, 0.5) is 0 Å². The Labute approximate surface area is 218 Å². The first-order valence-corrected chi connectivity index (χ1v) is 15.4. The lowest BCUT2D eigenvalue weighted by Crippen LogP contribution is -2.40. The molecule has 1 saturated heterocycles. The Bertz CT molecular complexity index is 1130. The Kier molecular flexibility index (Phi) is 9.43. The van der Waals surface area contributed by atoms with Gasteiger partial charge in [-0.3, -0.25) is 9.36 Å². The fourth-order valence-electron chi connectivity index (χ4n) is 4.71. The minimum Gasteiger partial charge on any atom is -0.379 e. The quantitative estimate of drug-likeness (QED) is 0.462. The average molecular weight is 536 g/mol. The summed E-state index contributed by atoms with van der Waals surface area (Å²) in [6.45, 7) is 6.39. The van der Waals surface area contributed by atoms with Crippen molar-refractivity contribution < 1.29 is 17.9 Å². The van der Waals surface area contributed by atoms with E-state index in [4.69, 9.17) is 4.74 Å². The predicted molar refractivity (Wildman–Crippen MR) is 140 cm³/mol. The van der Waals surface area contributed by atoms with Crippen molar-refractivity contribution in [3.63, 3.8) is 0 Å². The second kappa shape index (κ2) is 12.5. The first-order chi connectivity index (χ1) is 17.4. The molecule has 36 heavy (non-hydrogen) atoms. The smallest absolute Gasteiger partial charge is 0.243 e. The van der Waals surface area contributed by atoms with E-state index in [1.807, 2.05) is 10.6 Å². The number of carbonyl (C=O) groups is 1. The number of nitrogens with one attached hydrogen (secondary N) is 1. The highest BCUT2D eigenvalue weighted by Gasteiger charge is 2.27. The number of ether oxygens (including phenoxy) is 1. The van der Waals surface area contributed by atoms with Crippen LogP contribution in [0, 0.1) is 5.92 Å². The third-order valence-electron chi connectivity index (χ3n) is 7.04. The number of carbonyl (C=O) groups excluding carboxylic acids is 1. The minimum atomic E-state index is -3.62. The lowest BCUT2D eigenvalue weighted by Gasteiger charge is -2.26. The van der Waals surface area contributed by atoms with Crippen molar-refractivity contribution in [3.8, 4) is 11.4 Å². The van der Waals surface area contributed by atoms with Crippen LogP contribution >= 0.6 is 11.8 Å². The summed E-state index contributed by atoms with van der Waals surface area (Å²) in [4.78, 5) is 12.8. The van der Waals surface area contributed by atoms with E-state index >= 15 is 0 Å². The average Bonchev–Trinajstić information content (AvgIpc) is 3.35. The highest BCUT2D eigenvalue weighted by atomic mass is 32.2. The van der Waals surface area contributed by atoms with Crippen LogP contribution in [0.25, 0.3) is 11.4 Å². The zero-order valence-electron chi connectivity index (χ0n) is 21.2. The molecule has 11 heteroatoms. The zero-order chi connectivity index (χ0) is 25.5. The van der Waals surface area contributed by atoms with Gasteiger partial charge in [-0.2, -0.15) is 4.31 Å². The Balaban J connectivity index is 1.49. The molecule has 4 rings (SSSR count). The minimum absolute atomic E-state index is 0.00410. The number of nitrogens with zero attached hydrogens (tertiary/aromatic N) is 4. The van der Waals surface area contributed by atoms with Gasteiger partial charge in [-0.1, -0.05) is 50.1 Å². The monoisotopic (exact) mass is 535 g/mol. The molecule has 1 aliphatic carbocycles. The number of thioether (sulfide) groups is 1. The fourth-order valence-corrected chi connectivity index (χ4v) is 7.04. The molecule has 2 aliphatic rings. The van der Waals surface area contributed by atoms with Crippen LogP contribution in [0.5, 0.6) is 0 Å². The molecule has 1 aromatic carbocycles. The van der Waals surface area contributed by atoms with Gasteiger partial charge >= 0.3 is 0 Å². The second-order valence-corrected chi connectivity index (χ2v) is 12.5. The van der Waals surface area contributed by atoms with Gasteiger partial charge in [0.2, 0.25) is 15.9 Å². The SMILES string of the molecule is CC[C@@H](C)n1c(SCC(=O)NCC2CCCCC2)nnc1-c1cccc(S(=O)(=O)N2CCOCC2)c1. The Hall–Kier alpha value is -1.95. The van der Waals surface area contributed by atoms with Crippen LogP contribution in [0.1, 0.15) is 58.4 Å². The zero-order valence-corrected chi connectivity index (χ0v) is 22.8. The lowest BCUT2D eigenvalue weighted by molar-refractivity contribution is -0.118. The number of hydrogen-bond donors (Lipinski definition) is 1. The number of rotatable bonds is 10. The van der Waals surface area contributed by atoms with Gasteiger partial charge < -0.3 is 10.1 Å². The largest absolute Gasteiger partial charge is 0.379 e. The molecular formula is C25H37N5O4S2. The highest BCUT2D eigenvalue weighted by molar-refractivity contribution is 7.99. The predicted octanol–water partition coefficient (Wildman–Crippen LogP) is 3.73. The van der Waals surface area contributed by atoms with E-state index in [-0.39, 0.29) is 22.6 Å². The summed E-state index contributed by atoms with van der Waals surface area (Å²) >= 11 is 1.37. The number of benzene rings is 1. The van der Waals surface area contributed by atoms with E-state index in [0.717, 1.165) is 13.0 Å². The second-order valence-electron chi connectivity index (χ2n) is 9.57. The lowest BCUT2D eigenvalue weighted by atomic mass is 9.89. The molecule has 0 spiro atoms. The molecule has 1 saturated carbocycles. The number of sulfonamides is 1. The van der Waals surface area contributed by atoms with Crippen LogP contribution in [0.2, 0.25) is 0 Å². The number of aromatic nitrogens is 3. The van der Waals surface area contributed by atoms with Crippen LogP contribution in [0.3, 0.4) is 0 Å². The van der Waals surface area contributed by atoms with Gasteiger partial charge in [-0.15, -0.1) is 10.2 Å². The van der Waals surface area contributed by atoms with Crippen molar-refractivity contribution in [2.45, 2.75) is 68.5 Å². The summed E-state index contributed by atoms with van der Waals surface area (Å²) in [7, 11) is -3.62. The molecule has 1 atom stereocenters. The highest BCUT2D eigenvalue weighted by Crippen LogP contribution is 2.31. The van der Waals surface area contributed by atoms with E-state index in [0.29, 0.717) is 48.8 Å². The first kappa shape index (κ1) is 27.1. The topological polar surface area (TPSA) is 106 Å². The standard InChI is InChI=1S/C25H37N5O4S2/c1-3-19(2)30-24(21-10-7-11-22(16-21)36(32,33)29-12-14-34-15-13-29)27-28-25(30)35-18-23(31)26-17-20-8-5-4-6-9-20/h7,10-11,16,19-20H,3-6,8-9,12-15,17-18H2,1-2H3,(H,26,31)/t19-/m1/s1. The van der Waals surface area contributed by atoms with Crippen molar-refractivity contribution in [3.05, 3.63) is 24.3 Å². The molecule has 2 fully saturated rings. The van der Waals surface area contributed by atoms with Crippen molar-refractivity contribution in [1.82, 2.24) is 24.4 Å². The van der Waals surface area contributed by atoms with Gasteiger partial charge in [0.1, 0.15) is 0 Å². The first-order valence-electron chi connectivity index (χ1n) is 12.9. The normalized spacial score (nSPS) is 18.7. The molecule has 0 bridgehead atoms. The molecule has 0 radical (unpaired) electrons. The maximum atomic E-state index is 13.2. The van der Waals surface area contributed by atoms with E-state index in [9.17, 15) is 13.2 Å². The summed E-state index contributed by atoms with van der Waals surface area (Å²) in [5.74, 6) is 1.47. The summed E-state index contributed by atoms with van der Waals surface area (Å²) in [6.07, 6.45) is 7.04. The van der Waals surface area contributed by atoms with E-state index in [1.54, 1.807) is 18.2 Å². The maximum Gasteiger partial charge on any atom is 0.243 e. The van der Waals surface area contributed by atoms with Crippen LogP contribution in [0.15, 0.2) is 34.3 Å². The van der Waals surface area contributed by atoms with Gasteiger partial charge in [-0.05, 0) is 44.2 Å². The molecule has 198 valence electrons. The maximum absolute atomic E-state index is 13.2. The summed E-state index contributed by atoms with van der Waals surface area (Å²) in [5, 5.41) is 12.5. The van der Waals surface area contributed by atoms with Crippen molar-refractivity contribution in [2.24, 2.45) is 5.92 Å². The molecule has 2 heterocycles. The molecule has 2 aromatic rings. The Morgan fingerprint density at radius 3 is 2.67 bits per heavy atom. The fraction of sp³-hybridized carbons (Fsp3) is 0.640. The van der Waals surface area contributed by atoms with Gasteiger partial charge in [0, 0.05) is 31.2 Å². The molecular weight excluding hydrogens is 498 g/mol. The molecule has 9 nitrogen and oxygen atoms in total. The van der Waals surface area contributed by atoms with Crippen LogP contribution in [-0.4, -0.2) is 72.0 Å². The van der Waals surface area contributed by atoms with Crippen molar-refractivity contribution in [2.75, 3.05) is 38.6 Å². The molecule has 1 amide bonds. The van der Waals surface area contributed by atoms with E-state index < -0.39 is 10.0 Å². The van der Waals surface area contributed by atoms with Gasteiger partial charge in [0.25, 0.3) is 0 Å². The summed E-state index contributed by atoms with van der Waals surface area (Å²) in [6, 6.07) is 6.96. The van der Waals surface area contributed by atoms with Crippen LogP contribution < -0.4 is 5.32 Å². The van der Waals surface area contributed by atoms with Gasteiger partial charge in [0.05, 0.1) is 23.9 Å².